The van der Waals surface area contributed by atoms with Crippen molar-refractivity contribution < 1.29 is 9.21 Å². The summed E-state index contributed by atoms with van der Waals surface area (Å²) in [4.78, 5) is 23.2. The van der Waals surface area contributed by atoms with E-state index in [0.717, 1.165) is 5.56 Å². The fourth-order valence-electron chi connectivity index (χ4n) is 1.63. The van der Waals surface area contributed by atoms with Crippen molar-refractivity contribution in [3.05, 3.63) is 45.8 Å². The third-order valence-electron chi connectivity index (χ3n) is 2.59. The Labute approximate surface area is 114 Å². The van der Waals surface area contributed by atoms with E-state index in [-0.39, 0.29) is 17.4 Å². The van der Waals surface area contributed by atoms with Crippen molar-refractivity contribution in [1.29, 1.82) is 5.26 Å². The van der Waals surface area contributed by atoms with Gasteiger partial charge in [0.2, 0.25) is 5.43 Å². The second-order valence-electron chi connectivity index (χ2n) is 4.15. The zero-order chi connectivity index (χ0) is 14.5. The van der Waals surface area contributed by atoms with E-state index >= 15 is 0 Å². The minimum atomic E-state index is -0.537. The molecule has 0 aliphatic rings. The number of rotatable bonds is 3. The van der Waals surface area contributed by atoms with Crippen LogP contribution in [0.25, 0.3) is 11.0 Å². The molecule has 0 radical (unpaired) electrons. The molecule has 1 aromatic heterocycles. The van der Waals surface area contributed by atoms with E-state index < -0.39 is 5.91 Å². The summed E-state index contributed by atoms with van der Waals surface area (Å²) in [5, 5.41) is 12.4. The van der Waals surface area contributed by atoms with Gasteiger partial charge in [0.1, 0.15) is 18.3 Å². The molecule has 2 rings (SSSR count). The van der Waals surface area contributed by atoms with Crippen LogP contribution in [0.15, 0.2) is 38.8 Å². The maximum atomic E-state index is 12.2. The van der Waals surface area contributed by atoms with Crippen molar-refractivity contribution in [3.8, 4) is 6.07 Å². The van der Waals surface area contributed by atoms with Gasteiger partial charge in [-0.3, -0.25) is 9.59 Å². The van der Waals surface area contributed by atoms with Crippen LogP contribution in [0.1, 0.15) is 17.5 Å². The van der Waals surface area contributed by atoms with E-state index in [1.807, 2.05) is 13.0 Å². The number of hydrogen-bond donors (Lipinski definition) is 1. The number of hydrazone groups is 1. The normalized spacial score (nSPS) is 10.6. The summed E-state index contributed by atoms with van der Waals surface area (Å²) in [6.07, 6.45) is 2.19. The summed E-state index contributed by atoms with van der Waals surface area (Å²) < 4.78 is 5.33. The first-order valence-corrected chi connectivity index (χ1v) is 5.83. The molecule has 0 unspecified atom stereocenters. The predicted molar refractivity (Wildman–Crippen MR) is 73.2 cm³/mol. The lowest BCUT2D eigenvalue weighted by molar-refractivity contribution is -0.120. The standard InChI is InChI=1S/C14H11N3O3/c1-9-2-3-12-11(6-9)14(19)10(8-20-12)7-16-17-13(18)4-5-15/h2-3,6-8H,4H2,1H3,(H,17,18)/b16-7+. The number of nitrogens with one attached hydrogen (secondary N) is 1. The highest BCUT2D eigenvalue weighted by atomic mass is 16.3. The first-order valence-electron chi connectivity index (χ1n) is 5.83. The molecule has 0 fully saturated rings. The molecule has 6 nitrogen and oxygen atoms in total. The van der Waals surface area contributed by atoms with Gasteiger partial charge < -0.3 is 4.42 Å². The largest absolute Gasteiger partial charge is 0.463 e. The predicted octanol–water partition coefficient (Wildman–Crippen LogP) is 1.47. The molecule has 1 aromatic carbocycles. The number of amides is 1. The van der Waals surface area contributed by atoms with Crippen LogP contribution >= 0.6 is 0 Å². The maximum absolute atomic E-state index is 12.2. The number of carbonyl (C=O) groups is 1. The van der Waals surface area contributed by atoms with E-state index in [2.05, 4.69) is 10.5 Å². The molecule has 2 aromatic rings. The summed E-state index contributed by atoms with van der Waals surface area (Å²) in [6.45, 7) is 1.88. The molecule has 100 valence electrons. The SMILES string of the molecule is Cc1ccc2occ(/C=N/NC(=O)CC#N)c(=O)c2c1. The molecule has 6 heteroatoms. The lowest BCUT2D eigenvalue weighted by Crippen LogP contribution is -2.17. The highest BCUT2D eigenvalue weighted by Gasteiger charge is 2.05. The molecule has 0 atom stereocenters. The Kier molecular flexibility index (Phi) is 3.91. The molecular formula is C14H11N3O3. The van der Waals surface area contributed by atoms with Gasteiger partial charge in [-0.05, 0) is 19.1 Å². The Morgan fingerprint density at radius 2 is 2.35 bits per heavy atom. The number of nitrogens with zero attached hydrogens (tertiary/aromatic N) is 2. The van der Waals surface area contributed by atoms with Gasteiger partial charge in [0.15, 0.2) is 0 Å². The third kappa shape index (κ3) is 2.90. The minimum absolute atomic E-state index is 0.223. The lowest BCUT2D eigenvalue weighted by Gasteiger charge is -1.99. The van der Waals surface area contributed by atoms with Gasteiger partial charge in [-0.25, -0.2) is 5.43 Å². The molecule has 0 saturated heterocycles. The fourth-order valence-corrected chi connectivity index (χ4v) is 1.63. The molecule has 0 aliphatic carbocycles. The average Bonchev–Trinajstić information content (AvgIpc) is 2.42. The van der Waals surface area contributed by atoms with Crippen LogP contribution in [0.4, 0.5) is 0 Å². The van der Waals surface area contributed by atoms with Crippen molar-refractivity contribution >= 4 is 23.1 Å². The van der Waals surface area contributed by atoms with Crippen LogP contribution in [0.2, 0.25) is 0 Å². The summed E-state index contributed by atoms with van der Waals surface area (Å²) in [5.41, 5.74) is 3.58. The molecule has 1 heterocycles. The molecule has 0 spiro atoms. The molecule has 0 aliphatic heterocycles. The summed E-state index contributed by atoms with van der Waals surface area (Å²) in [5.74, 6) is -0.537. The Morgan fingerprint density at radius 3 is 3.10 bits per heavy atom. The first kappa shape index (κ1) is 13.5. The van der Waals surface area contributed by atoms with E-state index in [4.69, 9.17) is 9.68 Å². The number of fused-ring (bicyclic) bond motifs is 1. The Bertz CT molecular complexity index is 784. The fraction of sp³-hybridized carbons (Fsp3) is 0.143. The Morgan fingerprint density at radius 1 is 1.55 bits per heavy atom. The summed E-state index contributed by atoms with van der Waals surface area (Å²) >= 11 is 0. The number of nitriles is 1. The topological polar surface area (TPSA) is 95.5 Å². The Hall–Kier alpha value is -2.94. The monoisotopic (exact) mass is 269 g/mol. The van der Waals surface area contributed by atoms with Crippen LogP contribution in [0.3, 0.4) is 0 Å². The van der Waals surface area contributed by atoms with Crippen LogP contribution in [0, 0.1) is 18.3 Å². The highest BCUT2D eigenvalue weighted by molar-refractivity contribution is 5.87. The molecular weight excluding hydrogens is 258 g/mol. The first-order chi connectivity index (χ1) is 9.61. The second kappa shape index (κ2) is 5.80. The molecule has 0 bridgehead atoms. The molecule has 0 saturated carbocycles. The van der Waals surface area contributed by atoms with Crippen molar-refractivity contribution in [3.63, 3.8) is 0 Å². The maximum Gasteiger partial charge on any atom is 0.254 e. The Balaban J connectivity index is 2.30. The van der Waals surface area contributed by atoms with Crippen molar-refractivity contribution in [2.75, 3.05) is 0 Å². The van der Waals surface area contributed by atoms with Crippen LogP contribution in [-0.2, 0) is 4.79 Å². The van der Waals surface area contributed by atoms with Crippen molar-refractivity contribution in [2.45, 2.75) is 13.3 Å². The third-order valence-corrected chi connectivity index (χ3v) is 2.59. The highest BCUT2D eigenvalue weighted by Crippen LogP contribution is 2.12. The van der Waals surface area contributed by atoms with Crippen molar-refractivity contribution in [1.82, 2.24) is 5.43 Å². The lowest BCUT2D eigenvalue weighted by atomic mass is 10.1. The van der Waals surface area contributed by atoms with Gasteiger partial charge in [0.25, 0.3) is 5.91 Å². The second-order valence-corrected chi connectivity index (χ2v) is 4.15. The van der Waals surface area contributed by atoms with Crippen LogP contribution in [0.5, 0.6) is 0 Å². The van der Waals surface area contributed by atoms with Crippen molar-refractivity contribution in [2.24, 2.45) is 5.10 Å². The average molecular weight is 269 g/mol. The van der Waals surface area contributed by atoms with E-state index in [1.54, 1.807) is 18.2 Å². The van der Waals surface area contributed by atoms with Crippen LogP contribution in [-0.4, -0.2) is 12.1 Å². The van der Waals surface area contributed by atoms with Gasteiger partial charge in [-0.15, -0.1) is 0 Å². The summed E-state index contributed by atoms with van der Waals surface area (Å²) in [7, 11) is 0. The smallest absolute Gasteiger partial charge is 0.254 e. The van der Waals surface area contributed by atoms with Gasteiger partial charge in [-0.2, -0.15) is 10.4 Å². The van der Waals surface area contributed by atoms with E-state index in [0.29, 0.717) is 11.0 Å². The van der Waals surface area contributed by atoms with Crippen LogP contribution < -0.4 is 10.9 Å². The summed E-state index contributed by atoms with van der Waals surface area (Å²) in [6, 6.07) is 6.99. The number of benzene rings is 1. The molecule has 20 heavy (non-hydrogen) atoms. The zero-order valence-electron chi connectivity index (χ0n) is 10.7. The number of hydrogen-bond acceptors (Lipinski definition) is 5. The number of carbonyl (C=O) groups excluding carboxylic acids is 1. The van der Waals surface area contributed by atoms with Gasteiger partial charge in [-0.1, -0.05) is 11.6 Å². The van der Waals surface area contributed by atoms with Gasteiger partial charge in [0, 0.05) is 0 Å². The molecule has 1 amide bonds. The van der Waals surface area contributed by atoms with Gasteiger partial charge in [0.05, 0.1) is 23.2 Å². The molecule has 1 N–H and O–H groups in total. The minimum Gasteiger partial charge on any atom is -0.463 e. The van der Waals surface area contributed by atoms with E-state index in [9.17, 15) is 9.59 Å². The zero-order valence-corrected chi connectivity index (χ0v) is 10.7. The quantitative estimate of drug-likeness (QED) is 0.674. The van der Waals surface area contributed by atoms with E-state index in [1.165, 1.54) is 12.5 Å². The number of aryl methyl sites for hydroxylation is 1. The van der Waals surface area contributed by atoms with Gasteiger partial charge >= 0.3 is 0 Å².